The summed E-state index contributed by atoms with van der Waals surface area (Å²) in [7, 11) is 1.67. The summed E-state index contributed by atoms with van der Waals surface area (Å²) in [6, 6.07) is 2.18. The fourth-order valence-electron chi connectivity index (χ4n) is 3.60. The first kappa shape index (κ1) is 17.1. The maximum absolute atomic E-state index is 12.4. The number of nitrogens with one attached hydrogen (secondary N) is 1. The quantitative estimate of drug-likeness (QED) is 0.863. The van der Waals surface area contributed by atoms with Crippen LogP contribution in [-0.4, -0.2) is 42.1 Å². The first-order chi connectivity index (χ1) is 11.6. The van der Waals surface area contributed by atoms with E-state index in [0.717, 1.165) is 37.4 Å². The van der Waals surface area contributed by atoms with E-state index in [2.05, 4.69) is 34.0 Å². The van der Waals surface area contributed by atoms with Crippen LogP contribution in [0.5, 0.6) is 0 Å². The maximum Gasteiger partial charge on any atom is 0.223 e. The Morgan fingerprint density at radius 3 is 2.79 bits per heavy atom. The van der Waals surface area contributed by atoms with E-state index in [4.69, 9.17) is 4.74 Å². The zero-order chi connectivity index (χ0) is 17.1. The molecule has 1 aliphatic heterocycles. The van der Waals surface area contributed by atoms with Crippen LogP contribution in [0.2, 0.25) is 0 Å². The van der Waals surface area contributed by atoms with Crippen molar-refractivity contribution in [3.8, 4) is 0 Å². The standard InChI is InChI=1S/C18H28N4O2/c1-12(2)15-8-22(17-7-14(10-24-3)19-11-20-17)9-16(15)21-18(23)13-5-4-6-13/h7,11-13,15-16H,4-6,8-10H2,1-3H3,(H,21,23)/t15-,16+/m0/s1. The van der Waals surface area contributed by atoms with Gasteiger partial charge in [0.2, 0.25) is 5.91 Å². The Morgan fingerprint density at radius 2 is 2.17 bits per heavy atom. The molecule has 0 radical (unpaired) electrons. The van der Waals surface area contributed by atoms with Crippen LogP contribution >= 0.6 is 0 Å². The molecule has 6 nitrogen and oxygen atoms in total. The SMILES string of the molecule is COCc1cc(N2C[C@@H](NC(=O)C3CCC3)[C@H](C(C)C)C2)ncn1. The molecule has 2 fully saturated rings. The van der Waals surface area contributed by atoms with Crippen LogP contribution in [0, 0.1) is 17.8 Å². The van der Waals surface area contributed by atoms with E-state index in [9.17, 15) is 4.79 Å². The summed E-state index contributed by atoms with van der Waals surface area (Å²) in [5, 5.41) is 3.30. The Kier molecular flexibility index (Phi) is 5.33. The van der Waals surface area contributed by atoms with Crippen molar-refractivity contribution in [3.63, 3.8) is 0 Å². The average molecular weight is 332 g/mol. The second-order valence-corrected chi connectivity index (χ2v) is 7.36. The van der Waals surface area contributed by atoms with Gasteiger partial charge in [0, 0.05) is 38.1 Å². The molecule has 132 valence electrons. The summed E-state index contributed by atoms with van der Waals surface area (Å²) < 4.78 is 5.16. The zero-order valence-electron chi connectivity index (χ0n) is 14.9. The predicted octanol–water partition coefficient (Wildman–Crippen LogP) is 2.00. The van der Waals surface area contributed by atoms with E-state index < -0.39 is 0 Å². The Morgan fingerprint density at radius 1 is 1.38 bits per heavy atom. The Hall–Kier alpha value is -1.69. The molecular weight excluding hydrogens is 304 g/mol. The van der Waals surface area contributed by atoms with Crippen molar-refractivity contribution in [2.24, 2.45) is 17.8 Å². The van der Waals surface area contributed by atoms with Crippen LogP contribution in [0.25, 0.3) is 0 Å². The number of methoxy groups -OCH3 is 1. The van der Waals surface area contributed by atoms with Crippen molar-refractivity contribution >= 4 is 11.7 Å². The third-order valence-electron chi connectivity index (χ3n) is 5.35. The highest BCUT2D eigenvalue weighted by Gasteiger charge is 2.38. The third-order valence-corrected chi connectivity index (χ3v) is 5.35. The molecule has 0 bridgehead atoms. The van der Waals surface area contributed by atoms with Crippen molar-refractivity contribution in [1.82, 2.24) is 15.3 Å². The van der Waals surface area contributed by atoms with Crippen molar-refractivity contribution in [3.05, 3.63) is 18.1 Å². The number of rotatable bonds is 6. The predicted molar refractivity (Wildman–Crippen MR) is 92.6 cm³/mol. The number of aromatic nitrogens is 2. The number of anilines is 1. The first-order valence-corrected chi connectivity index (χ1v) is 8.93. The van der Waals surface area contributed by atoms with Gasteiger partial charge < -0.3 is 15.0 Å². The van der Waals surface area contributed by atoms with Gasteiger partial charge in [-0.3, -0.25) is 4.79 Å². The first-order valence-electron chi connectivity index (χ1n) is 8.93. The zero-order valence-corrected chi connectivity index (χ0v) is 14.9. The molecule has 1 amide bonds. The number of hydrogen-bond donors (Lipinski definition) is 1. The average Bonchev–Trinajstić information content (AvgIpc) is 2.90. The highest BCUT2D eigenvalue weighted by Crippen LogP contribution is 2.30. The second-order valence-electron chi connectivity index (χ2n) is 7.36. The highest BCUT2D eigenvalue weighted by atomic mass is 16.5. The van der Waals surface area contributed by atoms with Gasteiger partial charge in [0.15, 0.2) is 0 Å². The monoisotopic (exact) mass is 332 g/mol. The fraction of sp³-hybridized carbons (Fsp3) is 0.722. The minimum Gasteiger partial charge on any atom is -0.378 e. The molecule has 0 unspecified atom stereocenters. The van der Waals surface area contributed by atoms with E-state index >= 15 is 0 Å². The molecule has 2 atom stereocenters. The van der Waals surface area contributed by atoms with E-state index in [1.807, 2.05) is 6.07 Å². The lowest BCUT2D eigenvalue weighted by Crippen LogP contribution is -2.46. The van der Waals surface area contributed by atoms with E-state index in [0.29, 0.717) is 18.4 Å². The molecular formula is C18H28N4O2. The fourth-order valence-corrected chi connectivity index (χ4v) is 3.60. The molecule has 2 heterocycles. The molecule has 1 aliphatic carbocycles. The molecule has 1 aromatic rings. The van der Waals surface area contributed by atoms with Crippen molar-refractivity contribution < 1.29 is 9.53 Å². The lowest BCUT2D eigenvalue weighted by Gasteiger charge is -2.28. The Labute approximate surface area is 144 Å². The van der Waals surface area contributed by atoms with Gasteiger partial charge in [-0.05, 0) is 18.8 Å². The van der Waals surface area contributed by atoms with Crippen LogP contribution in [0.4, 0.5) is 5.82 Å². The molecule has 6 heteroatoms. The van der Waals surface area contributed by atoms with Gasteiger partial charge in [0.05, 0.1) is 18.3 Å². The molecule has 2 aliphatic rings. The third kappa shape index (κ3) is 3.69. The summed E-state index contributed by atoms with van der Waals surface area (Å²) in [5.41, 5.74) is 0.880. The largest absolute Gasteiger partial charge is 0.378 e. The van der Waals surface area contributed by atoms with Crippen molar-refractivity contribution in [2.75, 3.05) is 25.1 Å². The minimum atomic E-state index is 0.193. The summed E-state index contributed by atoms with van der Waals surface area (Å²) in [4.78, 5) is 23.3. The summed E-state index contributed by atoms with van der Waals surface area (Å²) in [6.07, 6.45) is 4.86. The number of nitrogens with zero attached hydrogens (tertiary/aromatic N) is 3. The van der Waals surface area contributed by atoms with Crippen molar-refractivity contribution in [1.29, 1.82) is 0 Å². The van der Waals surface area contributed by atoms with Crippen LogP contribution < -0.4 is 10.2 Å². The lowest BCUT2D eigenvalue weighted by atomic mass is 9.84. The molecule has 0 aromatic carbocycles. The summed E-state index contributed by atoms with van der Waals surface area (Å²) in [6.45, 7) is 6.67. The molecule has 1 N–H and O–H groups in total. The Bertz CT molecular complexity index is 574. The summed E-state index contributed by atoms with van der Waals surface area (Å²) in [5.74, 6) is 2.35. The van der Waals surface area contributed by atoms with Crippen LogP contribution in [0.1, 0.15) is 38.8 Å². The van der Waals surface area contributed by atoms with Gasteiger partial charge in [-0.15, -0.1) is 0 Å². The summed E-state index contributed by atoms with van der Waals surface area (Å²) >= 11 is 0. The van der Waals surface area contributed by atoms with E-state index in [1.165, 1.54) is 6.42 Å². The molecule has 24 heavy (non-hydrogen) atoms. The van der Waals surface area contributed by atoms with Gasteiger partial charge in [0.1, 0.15) is 12.1 Å². The van der Waals surface area contributed by atoms with E-state index in [-0.39, 0.29) is 17.9 Å². The van der Waals surface area contributed by atoms with Gasteiger partial charge in [-0.1, -0.05) is 20.3 Å². The number of carbonyl (C=O) groups excluding carboxylic acids is 1. The molecule has 1 saturated heterocycles. The molecule has 0 spiro atoms. The van der Waals surface area contributed by atoms with Crippen LogP contribution in [-0.2, 0) is 16.1 Å². The number of carbonyl (C=O) groups is 1. The lowest BCUT2D eigenvalue weighted by molar-refractivity contribution is -0.128. The van der Waals surface area contributed by atoms with Crippen molar-refractivity contribution in [2.45, 2.75) is 45.8 Å². The molecule has 1 saturated carbocycles. The number of ether oxygens (including phenoxy) is 1. The van der Waals surface area contributed by atoms with Gasteiger partial charge in [-0.25, -0.2) is 9.97 Å². The topological polar surface area (TPSA) is 67.3 Å². The van der Waals surface area contributed by atoms with Crippen LogP contribution in [0.3, 0.4) is 0 Å². The molecule has 3 rings (SSSR count). The van der Waals surface area contributed by atoms with Gasteiger partial charge in [-0.2, -0.15) is 0 Å². The Balaban J connectivity index is 1.69. The minimum absolute atomic E-state index is 0.193. The second kappa shape index (κ2) is 7.47. The van der Waals surface area contributed by atoms with Gasteiger partial charge >= 0.3 is 0 Å². The van der Waals surface area contributed by atoms with E-state index in [1.54, 1.807) is 13.4 Å². The molecule has 1 aromatic heterocycles. The number of amides is 1. The smallest absolute Gasteiger partial charge is 0.223 e. The normalized spacial score (nSPS) is 24.2. The maximum atomic E-state index is 12.4. The van der Waals surface area contributed by atoms with Gasteiger partial charge in [0.25, 0.3) is 0 Å². The number of hydrogen-bond acceptors (Lipinski definition) is 5. The van der Waals surface area contributed by atoms with Crippen LogP contribution in [0.15, 0.2) is 12.4 Å². The highest BCUT2D eigenvalue weighted by molar-refractivity contribution is 5.79.